The Morgan fingerprint density at radius 1 is 1.11 bits per heavy atom. The van der Waals surface area contributed by atoms with Crippen LogP contribution in [0.25, 0.3) is 0 Å². The maximum absolute atomic E-state index is 12.0. The Balaban J connectivity index is 5.20. The van der Waals surface area contributed by atoms with Crippen molar-refractivity contribution in [2.75, 3.05) is 28.2 Å². The topological polar surface area (TPSA) is 68.4 Å². The average molecular weight is 259 g/mol. The zero-order chi connectivity index (χ0) is 14.6. The van der Waals surface area contributed by atoms with Crippen molar-refractivity contribution in [1.82, 2.24) is 26.6 Å². The van der Waals surface area contributed by atoms with Gasteiger partial charge in [0.15, 0.2) is 0 Å². The van der Waals surface area contributed by atoms with Gasteiger partial charge in [0.1, 0.15) is 6.04 Å². The third-order valence-electron chi connectivity index (χ3n) is 3.63. The van der Waals surface area contributed by atoms with Gasteiger partial charge in [-0.15, -0.1) is 0 Å². The van der Waals surface area contributed by atoms with Gasteiger partial charge in [-0.1, -0.05) is 13.8 Å². The predicted octanol–water partition coefficient (Wildman–Crippen LogP) is -0.304. The Hall–Kier alpha value is -0.690. The summed E-state index contributed by atoms with van der Waals surface area (Å²) >= 11 is 0. The fourth-order valence-electron chi connectivity index (χ4n) is 1.93. The minimum Gasteiger partial charge on any atom is -0.358 e. The van der Waals surface area contributed by atoms with Crippen LogP contribution in [0.4, 0.5) is 0 Å². The molecule has 1 unspecified atom stereocenters. The lowest BCUT2D eigenvalue weighted by molar-refractivity contribution is -0.128. The van der Waals surface area contributed by atoms with Crippen molar-refractivity contribution in [3.05, 3.63) is 0 Å². The fourth-order valence-corrected chi connectivity index (χ4v) is 1.93. The summed E-state index contributed by atoms with van der Waals surface area (Å²) in [7, 11) is 7.30. The van der Waals surface area contributed by atoms with E-state index in [9.17, 15) is 4.79 Å². The molecule has 1 atom stereocenters. The van der Waals surface area contributed by atoms with E-state index in [1.807, 2.05) is 19.1 Å². The molecule has 0 radical (unpaired) electrons. The van der Waals surface area contributed by atoms with E-state index in [0.717, 1.165) is 0 Å². The number of rotatable bonds is 7. The molecule has 0 bridgehead atoms. The van der Waals surface area contributed by atoms with E-state index in [1.165, 1.54) is 0 Å². The van der Waals surface area contributed by atoms with Crippen LogP contribution in [-0.2, 0) is 4.79 Å². The van der Waals surface area contributed by atoms with E-state index >= 15 is 0 Å². The Morgan fingerprint density at radius 3 is 1.94 bits per heavy atom. The number of nitrogens with one attached hydrogen (secondary N) is 4. The highest BCUT2D eigenvalue weighted by atomic mass is 16.2. The third kappa shape index (κ3) is 3.91. The van der Waals surface area contributed by atoms with Crippen molar-refractivity contribution in [1.29, 1.82) is 0 Å². The minimum atomic E-state index is -0.352. The number of hydrogen-bond acceptors (Lipinski definition) is 5. The summed E-state index contributed by atoms with van der Waals surface area (Å²) in [5.74, 6) is -0.0389. The quantitative estimate of drug-likeness (QED) is 0.473. The molecule has 0 fully saturated rings. The largest absolute Gasteiger partial charge is 0.358 e. The predicted molar refractivity (Wildman–Crippen MR) is 74.7 cm³/mol. The van der Waals surface area contributed by atoms with Crippen LogP contribution in [-0.4, -0.2) is 50.7 Å². The molecule has 0 rings (SSSR count). The molecule has 6 nitrogen and oxygen atoms in total. The lowest BCUT2D eigenvalue weighted by Gasteiger charge is -2.47. The smallest absolute Gasteiger partial charge is 0.238 e. The van der Waals surface area contributed by atoms with Crippen LogP contribution >= 0.6 is 0 Å². The van der Waals surface area contributed by atoms with E-state index in [0.29, 0.717) is 0 Å². The molecule has 0 aliphatic rings. The third-order valence-corrected chi connectivity index (χ3v) is 3.63. The summed E-state index contributed by atoms with van der Waals surface area (Å²) in [6.45, 7) is 8.29. The molecule has 0 saturated carbocycles. The van der Waals surface area contributed by atoms with Gasteiger partial charge in [-0.25, -0.2) is 10.9 Å². The van der Waals surface area contributed by atoms with E-state index in [4.69, 9.17) is 0 Å². The number of nitrogens with zero attached hydrogens (tertiary/aromatic N) is 1. The van der Waals surface area contributed by atoms with Crippen molar-refractivity contribution < 1.29 is 4.79 Å². The van der Waals surface area contributed by atoms with Crippen molar-refractivity contribution in [2.45, 2.75) is 39.3 Å². The molecule has 6 heteroatoms. The zero-order valence-corrected chi connectivity index (χ0v) is 12.9. The normalized spacial score (nSPS) is 14.7. The first-order valence-corrected chi connectivity index (χ1v) is 6.19. The summed E-state index contributed by atoms with van der Waals surface area (Å²) in [5, 5.41) is 4.60. The van der Waals surface area contributed by atoms with Crippen LogP contribution in [0.3, 0.4) is 0 Å². The number of carbonyl (C=O) groups excluding carboxylic acids is 1. The van der Waals surface area contributed by atoms with Crippen LogP contribution in [0.15, 0.2) is 0 Å². The Bertz CT molecular complexity index is 276. The van der Waals surface area contributed by atoms with Crippen LogP contribution < -0.4 is 21.6 Å². The molecule has 0 aliphatic carbocycles. The van der Waals surface area contributed by atoms with Gasteiger partial charge >= 0.3 is 0 Å². The van der Waals surface area contributed by atoms with Crippen molar-refractivity contribution in [2.24, 2.45) is 5.41 Å². The highest BCUT2D eigenvalue weighted by Gasteiger charge is 2.46. The lowest BCUT2D eigenvalue weighted by atomic mass is 9.69. The molecule has 0 aliphatic heterocycles. The molecule has 0 spiro atoms. The summed E-state index contributed by atoms with van der Waals surface area (Å²) in [5.41, 5.74) is 8.67. The molecular formula is C12H29N5O. The van der Waals surface area contributed by atoms with Gasteiger partial charge < -0.3 is 5.32 Å². The molecule has 4 N–H and O–H groups in total. The molecule has 0 heterocycles. The van der Waals surface area contributed by atoms with Crippen LogP contribution in [0.2, 0.25) is 0 Å². The maximum atomic E-state index is 12.0. The second kappa shape index (κ2) is 6.47. The van der Waals surface area contributed by atoms with Crippen molar-refractivity contribution in [3.63, 3.8) is 0 Å². The fraction of sp³-hybridized carbons (Fsp3) is 0.917. The molecule has 0 aromatic heterocycles. The highest BCUT2D eigenvalue weighted by molar-refractivity contribution is 5.82. The lowest BCUT2D eigenvalue weighted by Crippen LogP contribution is -2.67. The summed E-state index contributed by atoms with van der Waals surface area (Å²) in [6, 6.07) is -0.352. The average Bonchev–Trinajstić information content (AvgIpc) is 2.22. The first kappa shape index (κ1) is 17.3. The van der Waals surface area contributed by atoms with Gasteiger partial charge in [-0.3, -0.25) is 15.2 Å². The number of hydrogen-bond donors (Lipinski definition) is 4. The maximum Gasteiger partial charge on any atom is 0.238 e. The van der Waals surface area contributed by atoms with Crippen LogP contribution in [0.1, 0.15) is 27.7 Å². The van der Waals surface area contributed by atoms with Gasteiger partial charge in [0.25, 0.3) is 0 Å². The molecule has 0 aromatic carbocycles. The zero-order valence-electron chi connectivity index (χ0n) is 12.9. The van der Waals surface area contributed by atoms with E-state index in [2.05, 4.69) is 49.3 Å². The Morgan fingerprint density at radius 2 is 1.61 bits per heavy atom. The number of amides is 1. The molecule has 18 heavy (non-hydrogen) atoms. The van der Waals surface area contributed by atoms with Gasteiger partial charge in [0.05, 0.1) is 0 Å². The molecule has 108 valence electrons. The molecular weight excluding hydrogens is 230 g/mol. The minimum absolute atomic E-state index is 0.0389. The van der Waals surface area contributed by atoms with Crippen LogP contribution in [0.5, 0.6) is 0 Å². The second-order valence-electron chi connectivity index (χ2n) is 5.79. The van der Waals surface area contributed by atoms with Crippen LogP contribution in [0, 0.1) is 5.41 Å². The van der Waals surface area contributed by atoms with Crippen molar-refractivity contribution >= 4 is 5.91 Å². The summed E-state index contributed by atoms with van der Waals surface area (Å²) < 4.78 is 0. The van der Waals surface area contributed by atoms with E-state index in [-0.39, 0.29) is 22.9 Å². The molecule has 1 amide bonds. The van der Waals surface area contributed by atoms with Gasteiger partial charge in [-0.05, 0) is 20.9 Å². The molecule has 0 aromatic rings. The molecule has 0 saturated heterocycles. The highest BCUT2D eigenvalue weighted by Crippen LogP contribution is 2.34. The van der Waals surface area contributed by atoms with E-state index < -0.39 is 0 Å². The van der Waals surface area contributed by atoms with Gasteiger partial charge in [-0.2, -0.15) is 0 Å². The van der Waals surface area contributed by atoms with E-state index in [1.54, 1.807) is 14.1 Å². The summed E-state index contributed by atoms with van der Waals surface area (Å²) in [4.78, 5) is 12.0. The standard InChI is InChI=1S/C12H29N5O/c1-11(2,12(3,4)16-17(7)8)9(15-14-6)10(18)13-5/h9,14-16H,1-8H3,(H,13,18). The monoisotopic (exact) mass is 259 g/mol. The second-order valence-corrected chi connectivity index (χ2v) is 5.79. The number of hydrazine groups is 2. The number of carbonyl (C=O) groups is 1. The Labute approximate surface area is 111 Å². The van der Waals surface area contributed by atoms with Gasteiger partial charge in [0.2, 0.25) is 5.91 Å². The number of likely N-dealkylation sites (N-methyl/N-ethyl adjacent to an activating group) is 1. The SMILES string of the molecule is CNNC(C(=O)NC)C(C)(C)C(C)(C)NN(C)C. The summed E-state index contributed by atoms with van der Waals surface area (Å²) in [6.07, 6.45) is 0. The Kier molecular flexibility index (Phi) is 6.22. The van der Waals surface area contributed by atoms with Crippen molar-refractivity contribution in [3.8, 4) is 0 Å². The van der Waals surface area contributed by atoms with Gasteiger partial charge in [0, 0.05) is 32.1 Å². The first-order chi connectivity index (χ1) is 8.10. The first-order valence-electron chi connectivity index (χ1n) is 6.19.